The first-order valence-corrected chi connectivity index (χ1v) is 6.15. The average Bonchev–Trinajstić information content (AvgIpc) is 2.35. The van der Waals surface area contributed by atoms with Crippen LogP contribution in [0.4, 0.5) is 18.9 Å². The zero-order valence-electron chi connectivity index (χ0n) is 10.5. The molecule has 0 saturated heterocycles. The number of amides is 1. The lowest BCUT2D eigenvalue weighted by Crippen LogP contribution is -2.31. The van der Waals surface area contributed by atoms with E-state index < -0.39 is 12.8 Å². The molecule has 1 amide bonds. The van der Waals surface area contributed by atoms with E-state index in [1.54, 1.807) is 24.3 Å². The van der Waals surface area contributed by atoms with Gasteiger partial charge in [0.05, 0.1) is 13.2 Å². The summed E-state index contributed by atoms with van der Waals surface area (Å²) in [5.74, 6) is -0.303. The highest BCUT2D eigenvalue weighted by atomic mass is 35.5. The monoisotopic (exact) mass is 310 g/mol. The summed E-state index contributed by atoms with van der Waals surface area (Å²) < 4.78 is 39.6. The van der Waals surface area contributed by atoms with Gasteiger partial charge in [-0.05, 0) is 24.3 Å². The van der Waals surface area contributed by atoms with E-state index in [-0.39, 0.29) is 25.6 Å². The number of anilines is 1. The molecule has 0 aliphatic rings. The Labute approximate surface area is 119 Å². The summed E-state index contributed by atoms with van der Waals surface area (Å²) in [6.45, 7) is -1.26. The van der Waals surface area contributed by atoms with E-state index in [9.17, 15) is 18.0 Å². The fourth-order valence-corrected chi connectivity index (χ4v) is 1.40. The van der Waals surface area contributed by atoms with E-state index >= 15 is 0 Å². The molecule has 8 heteroatoms. The number of carbonyl (C=O) groups excluding carboxylic acids is 1. The molecule has 1 aromatic carbocycles. The Kier molecular flexibility index (Phi) is 6.77. The Hall–Kier alpha value is -1.31. The van der Waals surface area contributed by atoms with Gasteiger partial charge in [0.2, 0.25) is 5.91 Å². The molecule has 0 atom stereocenters. The van der Waals surface area contributed by atoms with E-state index in [0.29, 0.717) is 10.7 Å². The summed E-state index contributed by atoms with van der Waals surface area (Å²) in [7, 11) is 0. The Bertz CT molecular complexity index is 424. The quantitative estimate of drug-likeness (QED) is 0.761. The van der Waals surface area contributed by atoms with Gasteiger partial charge < -0.3 is 15.4 Å². The maximum atomic E-state index is 11.7. The second-order valence-electron chi connectivity index (χ2n) is 3.90. The Morgan fingerprint density at radius 1 is 1.25 bits per heavy atom. The lowest BCUT2D eigenvalue weighted by atomic mass is 10.3. The first-order valence-electron chi connectivity index (χ1n) is 5.77. The van der Waals surface area contributed by atoms with Crippen LogP contribution in [0.3, 0.4) is 0 Å². The summed E-state index contributed by atoms with van der Waals surface area (Å²) in [6.07, 6.45) is -4.33. The fourth-order valence-electron chi connectivity index (χ4n) is 1.27. The third-order valence-corrected chi connectivity index (χ3v) is 2.35. The minimum Gasteiger partial charge on any atom is -0.371 e. The molecule has 1 aromatic rings. The van der Waals surface area contributed by atoms with Gasteiger partial charge in [-0.15, -0.1) is 0 Å². The first-order chi connectivity index (χ1) is 9.37. The zero-order chi connectivity index (χ0) is 15.0. The minimum atomic E-state index is -4.33. The number of nitrogens with one attached hydrogen (secondary N) is 2. The Morgan fingerprint density at radius 2 is 1.90 bits per heavy atom. The second kappa shape index (κ2) is 8.08. The average molecular weight is 311 g/mol. The minimum absolute atomic E-state index is 0.0159. The van der Waals surface area contributed by atoms with Gasteiger partial charge in [-0.25, -0.2) is 0 Å². The highest BCUT2D eigenvalue weighted by Crippen LogP contribution is 2.14. The normalized spacial score (nSPS) is 11.4. The van der Waals surface area contributed by atoms with Gasteiger partial charge in [0.15, 0.2) is 0 Å². The number of ether oxygens (including phenoxy) is 1. The molecule has 0 bridgehead atoms. The molecule has 0 aromatic heterocycles. The van der Waals surface area contributed by atoms with Gasteiger partial charge in [-0.2, -0.15) is 13.2 Å². The van der Waals surface area contributed by atoms with Crippen LogP contribution >= 0.6 is 11.6 Å². The van der Waals surface area contributed by atoms with Crippen LogP contribution in [0.1, 0.15) is 0 Å². The van der Waals surface area contributed by atoms with Crippen LogP contribution in [-0.4, -0.2) is 38.4 Å². The predicted octanol–water partition coefficient (Wildman–Crippen LogP) is 2.45. The van der Waals surface area contributed by atoms with Crippen LogP contribution in [0.15, 0.2) is 24.3 Å². The predicted molar refractivity (Wildman–Crippen MR) is 69.8 cm³/mol. The third kappa shape index (κ3) is 7.98. The summed E-state index contributed by atoms with van der Waals surface area (Å²) in [5.41, 5.74) is 0.592. The molecule has 0 radical (unpaired) electrons. The molecule has 20 heavy (non-hydrogen) atoms. The number of hydrogen-bond donors (Lipinski definition) is 2. The highest BCUT2D eigenvalue weighted by Gasteiger charge is 2.27. The second-order valence-corrected chi connectivity index (χ2v) is 4.34. The van der Waals surface area contributed by atoms with Crippen LogP contribution in [0.25, 0.3) is 0 Å². The maximum absolute atomic E-state index is 11.7. The van der Waals surface area contributed by atoms with Crippen LogP contribution in [0.2, 0.25) is 5.02 Å². The molecule has 0 heterocycles. The number of rotatable bonds is 7. The van der Waals surface area contributed by atoms with Gasteiger partial charge in [-0.1, -0.05) is 11.6 Å². The van der Waals surface area contributed by atoms with E-state index in [4.69, 9.17) is 11.6 Å². The summed E-state index contributed by atoms with van der Waals surface area (Å²) in [5, 5.41) is 5.83. The van der Waals surface area contributed by atoms with Crippen molar-refractivity contribution in [1.82, 2.24) is 5.32 Å². The lowest BCUT2D eigenvalue weighted by Gasteiger charge is -2.09. The van der Waals surface area contributed by atoms with Crippen molar-refractivity contribution in [3.05, 3.63) is 29.3 Å². The molecule has 0 fully saturated rings. The van der Waals surface area contributed by atoms with Crippen molar-refractivity contribution in [2.75, 3.05) is 31.6 Å². The van der Waals surface area contributed by atoms with Gasteiger partial charge in [0.25, 0.3) is 0 Å². The molecular formula is C12H14ClF3N2O2. The van der Waals surface area contributed by atoms with Crippen molar-refractivity contribution in [2.24, 2.45) is 0 Å². The van der Waals surface area contributed by atoms with Gasteiger partial charge in [0, 0.05) is 17.3 Å². The van der Waals surface area contributed by atoms with Gasteiger partial charge >= 0.3 is 6.18 Å². The van der Waals surface area contributed by atoms with Crippen molar-refractivity contribution in [3.63, 3.8) is 0 Å². The number of carbonyl (C=O) groups is 1. The first kappa shape index (κ1) is 16.7. The van der Waals surface area contributed by atoms with Crippen molar-refractivity contribution in [1.29, 1.82) is 0 Å². The molecule has 4 nitrogen and oxygen atoms in total. The van der Waals surface area contributed by atoms with Gasteiger partial charge in [-0.3, -0.25) is 4.79 Å². The largest absolute Gasteiger partial charge is 0.411 e. The van der Waals surface area contributed by atoms with E-state index in [1.807, 2.05) is 0 Å². The molecule has 112 valence electrons. The molecular weight excluding hydrogens is 297 g/mol. The standard InChI is InChI=1S/C12H14ClF3N2O2/c13-9-1-3-10(4-2-9)18-11(19)7-17-5-6-20-8-12(14,15)16/h1-4,17H,5-8H2,(H,18,19). The molecule has 0 aliphatic carbocycles. The highest BCUT2D eigenvalue weighted by molar-refractivity contribution is 6.30. The number of alkyl halides is 3. The van der Waals surface area contributed by atoms with Crippen LogP contribution in [0, 0.1) is 0 Å². The summed E-state index contributed by atoms with van der Waals surface area (Å²) in [6, 6.07) is 6.56. The number of benzene rings is 1. The van der Waals surface area contributed by atoms with Crippen LogP contribution in [0.5, 0.6) is 0 Å². The number of halogens is 4. The van der Waals surface area contributed by atoms with Crippen molar-refractivity contribution < 1.29 is 22.7 Å². The van der Waals surface area contributed by atoms with Crippen molar-refractivity contribution in [3.8, 4) is 0 Å². The molecule has 2 N–H and O–H groups in total. The van der Waals surface area contributed by atoms with Crippen LogP contribution < -0.4 is 10.6 Å². The topological polar surface area (TPSA) is 50.4 Å². The SMILES string of the molecule is O=C(CNCCOCC(F)(F)F)Nc1ccc(Cl)cc1. The number of hydrogen-bond acceptors (Lipinski definition) is 3. The fraction of sp³-hybridized carbons (Fsp3) is 0.417. The molecule has 1 rings (SSSR count). The molecule has 0 spiro atoms. The zero-order valence-corrected chi connectivity index (χ0v) is 11.2. The summed E-state index contributed by atoms with van der Waals surface area (Å²) in [4.78, 5) is 11.5. The van der Waals surface area contributed by atoms with Crippen molar-refractivity contribution >= 4 is 23.2 Å². The van der Waals surface area contributed by atoms with E-state index in [1.165, 1.54) is 0 Å². The smallest absolute Gasteiger partial charge is 0.371 e. The Morgan fingerprint density at radius 3 is 2.50 bits per heavy atom. The molecule has 0 unspecified atom stereocenters. The van der Waals surface area contributed by atoms with E-state index in [0.717, 1.165) is 0 Å². The van der Waals surface area contributed by atoms with Gasteiger partial charge in [0.1, 0.15) is 6.61 Å². The van der Waals surface area contributed by atoms with E-state index in [2.05, 4.69) is 15.4 Å². The summed E-state index contributed by atoms with van der Waals surface area (Å²) >= 11 is 5.69. The van der Waals surface area contributed by atoms with Crippen molar-refractivity contribution in [2.45, 2.75) is 6.18 Å². The maximum Gasteiger partial charge on any atom is 0.411 e. The molecule has 0 saturated carbocycles. The van der Waals surface area contributed by atoms with Crippen LogP contribution in [-0.2, 0) is 9.53 Å². The lowest BCUT2D eigenvalue weighted by molar-refractivity contribution is -0.173. The third-order valence-electron chi connectivity index (χ3n) is 2.10. The Balaban J connectivity index is 2.10. The molecule has 0 aliphatic heterocycles.